The molecule has 0 aliphatic carbocycles. The van der Waals surface area contributed by atoms with Crippen molar-refractivity contribution in [3.05, 3.63) is 81.3 Å². The first kappa shape index (κ1) is 27.9. The molecule has 3 aromatic carbocycles. The molecule has 1 N–H and O–H groups in total. The van der Waals surface area contributed by atoms with Crippen molar-refractivity contribution < 1.29 is 9.90 Å². The number of carbonyl (C=O) groups excluding carboxylic acids is 1. The van der Waals surface area contributed by atoms with Crippen molar-refractivity contribution in [1.29, 1.82) is 5.26 Å². The van der Waals surface area contributed by atoms with E-state index < -0.39 is 0 Å². The third-order valence-corrected chi connectivity index (χ3v) is 8.96. The van der Waals surface area contributed by atoms with E-state index in [0.29, 0.717) is 33.8 Å². The third kappa shape index (κ3) is 6.40. The van der Waals surface area contributed by atoms with Crippen molar-refractivity contribution in [2.75, 3.05) is 46.3 Å². The summed E-state index contributed by atoms with van der Waals surface area (Å²) in [5, 5.41) is 22.1. The van der Waals surface area contributed by atoms with Crippen LogP contribution in [0.5, 0.6) is 0 Å². The number of aliphatic hydroxyl groups excluding tert-OH is 1. The maximum atomic E-state index is 13.7. The van der Waals surface area contributed by atoms with Gasteiger partial charge in [-0.05, 0) is 66.4 Å². The highest BCUT2D eigenvalue weighted by atomic mass is 35.5. The fourth-order valence-corrected chi connectivity index (χ4v) is 6.15. The Hall–Kier alpha value is -2.66. The summed E-state index contributed by atoms with van der Waals surface area (Å²) in [6, 6.07) is 19.7. The van der Waals surface area contributed by atoms with Crippen LogP contribution >= 0.6 is 23.2 Å². The maximum absolute atomic E-state index is 13.7. The smallest absolute Gasteiger partial charge is 0.254 e. The van der Waals surface area contributed by atoms with Crippen molar-refractivity contribution in [3.8, 4) is 6.07 Å². The van der Waals surface area contributed by atoms with Crippen LogP contribution in [0.3, 0.4) is 0 Å². The molecule has 0 spiro atoms. The zero-order chi connectivity index (χ0) is 27.5. The topological polar surface area (TPSA) is 70.8 Å². The summed E-state index contributed by atoms with van der Waals surface area (Å²) < 4.78 is 0. The number of piperidine rings is 1. The van der Waals surface area contributed by atoms with E-state index in [1.165, 1.54) is 0 Å². The first-order valence-electron chi connectivity index (χ1n) is 13.6. The maximum Gasteiger partial charge on any atom is 0.254 e. The summed E-state index contributed by atoms with van der Waals surface area (Å²) in [7, 11) is 1.82. The van der Waals surface area contributed by atoms with Crippen LogP contribution < -0.4 is 0 Å². The zero-order valence-corrected chi connectivity index (χ0v) is 23.7. The van der Waals surface area contributed by atoms with Gasteiger partial charge in [0.2, 0.25) is 0 Å². The lowest BCUT2D eigenvalue weighted by molar-refractivity contribution is -0.00542. The van der Waals surface area contributed by atoms with E-state index in [0.717, 1.165) is 68.3 Å². The fourth-order valence-electron chi connectivity index (χ4n) is 5.85. The Morgan fingerprint density at radius 1 is 1.10 bits per heavy atom. The number of hydrogen-bond donors (Lipinski definition) is 1. The second kappa shape index (κ2) is 12.2. The van der Waals surface area contributed by atoms with Gasteiger partial charge in [-0.3, -0.25) is 9.69 Å². The van der Waals surface area contributed by atoms with Crippen LogP contribution in [0.4, 0.5) is 0 Å². The first-order valence-corrected chi connectivity index (χ1v) is 14.4. The van der Waals surface area contributed by atoms with Crippen molar-refractivity contribution in [2.24, 2.45) is 0 Å². The number of aliphatic hydroxyl groups is 1. The minimum absolute atomic E-state index is 0.0725. The molecule has 0 bridgehead atoms. The van der Waals surface area contributed by atoms with E-state index in [1.807, 2.05) is 55.6 Å². The van der Waals surface area contributed by atoms with Gasteiger partial charge in [0.25, 0.3) is 5.91 Å². The summed E-state index contributed by atoms with van der Waals surface area (Å²) >= 11 is 12.6. The Morgan fingerprint density at radius 2 is 1.85 bits per heavy atom. The molecule has 0 radical (unpaired) electrons. The average molecular weight is 566 g/mol. The number of carbonyl (C=O) groups is 1. The third-order valence-electron chi connectivity index (χ3n) is 8.22. The molecule has 2 saturated heterocycles. The Kier molecular flexibility index (Phi) is 8.76. The lowest BCUT2D eigenvalue weighted by atomic mass is 9.93. The van der Waals surface area contributed by atoms with Crippen molar-refractivity contribution in [3.63, 3.8) is 0 Å². The van der Waals surface area contributed by atoms with Crippen molar-refractivity contribution >= 4 is 39.9 Å². The number of nitriles is 1. The van der Waals surface area contributed by atoms with E-state index >= 15 is 0 Å². The molecule has 3 aromatic rings. The largest absolute Gasteiger partial charge is 0.393 e. The average Bonchev–Trinajstić information content (AvgIpc) is 2.92. The number of hydrogen-bond acceptors (Lipinski definition) is 5. The van der Waals surface area contributed by atoms with Gasteiger partial charge in [0.15, 0.2) is 0 Å². The number of rotatable bonds is 8. The van der Waals surface area contributed by atoms with Gasteiger partial charge in [0.1, 0.15) is 0 Å². The molecule has 1 unspecified atom stereocenters. The number of benzene rings is 3. The summed E-state index contributed by atoms with van der Waals surface area (Å²) in [5.74, 6) is -0.0343. The Morgan fingerprint density at radius 3 is 2.56 bits per heavy atom. The lowest BCUT2D eigenvalue weighted by Crippen LogP contribution is -2.61. The highest BCUT2D eigenvalue weighted by molar-refractivity contribution is 6.42. The second-order valence-corrected chi connectivity index (χ2v) is 11.7. The van der Waals surface area contributed by atoms with Gasteiger partial charge in [0, 0.05) is 57.3 Å². The first-order chi connectivity index (χ1) is 18.8. The van der Waals surface area contributed by atoms with Crippen LogP contribution in [0.2, 0.25) is 10.0 Å². The Bertz CT molecular complexity index is 1380. The lowest BCUT2D eigenvalue weighted by Gasteiger charge is -2.47. The molecule has 8 heteroatoms. The van der Waals surface area contributed by atoms with Gasteiger partial charge in [-0.2, -0.15) is 5.26 Å². The molecule has 1 atom stereocenters. The zero-order valence-electron chi connectivity index (χ0n) is 22.2. The molecule has 204 valence electrons. The Balaban J connectivity index is 1.29. The molecule has 2 aliphatic rings. The van der Waals surface area contributed by atoms with E-state index in [4.69, 9.17) is 23.2 Å². The van der Waals surface area contributed by atoms with Gasteiger partial charge >= 0.3 is 0 Å². The summed E-state index contributed by atoms with van der Waals surface area (Å²) in [6.45, 7) is 5.45. The van der Waals surface area contributed by atoms with E-state index in [1.54, 1.807) is 11.0 Å². The molecule has 6 nitrogen and oxygen atoms in total. The van der Waals surface area contributed by atoms with E-state index in [9.17, 15) is 15.2 Å². The minimum Gasteiger partial charge on any atom is -0.393 e. The molecule has 2 fully saturated rings. The molecule has 39 heavy (non-hydrogen) atoms. The molecule has 5 rings (SSSR count). The van der Waals surface area contributed by atoms with Crippen molar-refractivity contribution in [1.82, 2.24) is 14.7 Å². The molecule has 1 amide bonds. The number of amides is 1. The fraction of sp³-hybridized carbons (Fsp3) is 0.419. The van der Waals surface area contributed by atoms with Gasteiger partial charge < -0.3 is 14.9 Å². The summed E-state index contributed by atoms with van der Waals surface area (Å²) in [5.41, 5.74) is 2.07. The molecule has 2 aliphatic heterocycles. The van der Waals surface area contributed by atoms with Crippen LogP contribution in [0, 0.1) is 11.3 Å². The summed E-state index contributed by atoms with van der Waals surface area (Å²) in [4.78, 5) is 20.4. The predicted octanol–water partition coefficient (Wildman–Crippen LogP) is 5.41. The van der Waals surface area contributed by atoms with E-state index in [-0.39, 0.29) is 17.9 Å². The van der Waals surface area contributed by atoms with Crippen molar-refractivity contribution in [2.45, 2.75) is 37.3 Å². The monoisotopic (exact) mass is 564 g/mol. The SMILES string of the molecule is CN(CC(CCN1CC(N2CCC(O)CC2)C1)c1ccc(Cl)c(Cl)c1)C(=O)c1cc(C#N)cc2ccccc12. The normalized spacial score (nSPS) is 18.0. The standard InChI is InChI=1S/C31H34Cl2N4O2/c1-35(31(39)28-15-21(17-34)14-23-4-2-3-5-27(23)28)18-24(22-6-7-29(32)30(33)16-22)8-11-36-19-25(20-36)37-12-9-26(38)10-13-37/h2-7,14-16,24-26,38H,8-13,18-20H2,1H3. The Labute approximate surface area is 240 Å². The number of likely N-dealkylation sites (tertiary alicyclic amines) is 2. The molecule has 2 heterocycles. The van der Waals surface area contributed by atoms with Crippen LogP contribution in [0.25, 0.3) is 10.8 Å². The number of fused-ring (bicyclic) bond motifs is 1. The van der Waals surface area contributed by atoms with Crippen LogP contribution in [0.15, 0.2) is 54.6 Å². The predicted molar refractivity (Wildman–Crippen MR) is 156 cm³/mol. The van der Waals surface area contributed by atoms with Gasteiger partial charge in [-0.1, -0.05) is 53.5 Å². The number of nitrogens with zero attached hydrogens (tertiary/aromatic N) is 4. The van der Waals surface area contributed by atoms with Gasteiger partial charge in [-0.15, -0.1) is 0 Å². The molecule has 0 aromatic heterocycles. The second-order valence-electron chi connectivity index (χ2n) is 10.9. The highest BCUT2D eigenvalue weighted by Crippen LogP contribution is 2.31. The number of likely N-dealkylation sites (N-methyl/N-ethyl adjacent to an activating group) is 1. The quantitative estimate of drug-likeness (QED) is 0.396. The van der Waals surface area contributed by atoms with Crippen LogP contribution in [0.1, 0.15) is 46.7 Å². The number of halogens is 2. The molecular formula is C31H34Cl2N4O2. The van der Waals surface area contributed by atoms with E-state index in [2.05, 4.69) is 15.9 Å². The summed E-state index contributed by atoms with van der Waals surface area (Å²) in [6.07, 6.45) is 2.45. The molecular weight excluding hydrogens is 531 g/mol. The van der Waals surface area contributed by atoms with Gasteiger partial charge in [-0.25, -0.2) is 0 Å². The van der Waals surface area contributed by atoms with Crippen LogP contribution in [-0.2, 0) is 0 Å². The van der Waals surface area contributed by atoms with Gasteiger partial charge in [0.05, 0.1) is 27.8 Å². The molecule has 0 saturated carbocycles. The van der Waals surface area contributed by atoms with Crippen LogP contribution in [-0.4, -0.2) is 84.2 Å². The minimum atomic E-state index is -0.149. The highest BCUT2D eigenvalue weighted by Gasteiger charge is 2.34.